The van der Waals surface area contributed by atoms with Gasteiger partial charge >= 0.3 is 0 Å². The Morgan fingerprint density at radius 2 is 1.72 bits per heavy atom. The van der Waals surface area contributed by atoms with Gasteiger partial charge in [-0.1, -0.05) is 6.92 Å². The molecule has 0 radical (unpaired) electrons. The van der Waals surface area contributed by atoms with E-state index in [4.69, 9.17) is 0 Å². The fourth-order valence-electron chi connectivity index (χ4n) is 3.46. The summed E-state index contributed by atoms with van der Waals surface area (Å²) in [5, 5.41) is 4.32. The number of aromatic nitrogens is 6. The van der Waals surface area contributed by atoms with Gasteiger partial charge in [-0.2, -0.15) is 14.6 Å². The molecule has 0 spiro atoms. The lowest BCUT2D eigenvalue weighted by atomic mass is 10.1. The molecule has 4 rings (SSSR count). The summed E-state index contributed by atoms with van der Waals surface area (Å²) in [5.74, 6) is 2.78. The number of anilines is 2. The van der Waals surface area contributed by atoms with Crippen molar-refractivity contribution in [1.29, 1.82) is 0 Å². The van der Waals surface area contributed by atoms with Crippen molar-refractivity contribution in [3.05, 3.63) is 35.7 Å². The van der Waals surface area contributed by atoms with Gasteiger partial charge in [-0.05, 0) is 20.3 Å². The highest BCUT2D eigenvalue weighted by molar-refractivity contribution is 5.52. The normalized spacial score (nSPS) is 15.2. The maximum Gasteiger partial charge on any atom is 0.254 e. The number of aryl methyl sites for hydroxylation is 2. The monoisotopic (exact) mass is 338 g/mol. The van der Waals surface area contributed by atoms with E-state index < -0.39 is 0 Å². The molecule has 0 unspecified atom stereocenters. The minimum absolute atomic E-state index is 0.650. The van der Waals surface area contributed by atoms with Crippen molar-refractivity contribution in [2.45, 2.75) is 27.2 Å². The van der Waals surface area contributed by atoms with Crippen molar-refractivity contribution in [3.8, 4) is 0 Å². The van der Waals surface area contributed by atoms with Crippen molar-refractivity contribution < 1.29 is 0 Å². The second-order valence-electron chi connectivity index (χ2n) is 6.32. The predicted octanol–water partition coefficient (Wildman–Crippen LogP) is 1.42. The first kappa shape index (κ1) is 15.7. The van der Waals surface area contributed by atoms with Gasteiger partial charge in [0.05, 0.1) is 0 Å². The Balaban J connectivity index is 1.57. The number of rotatable bonds is 3. The molecule has 4 heterocycles. The van der Waals surface area contributed by atoms with Crippen molar-refractivity contribution in [2.24, 2.45) is 0 Å². The number of fused-ring (bicyclic) bond motifs is 1. The van der Waals surface area contributed by atoms with E-state index in [-0.39, 0.29) is 0 Å². The van der Waals surface area contributed by atoms with E-state index >= 15 is 0 Å². The Morgan fingerprint density at radius 3 is 2.48 bits per heavy atom. The predicted molar refractivity (Wildman–Crippen MR) is 96.1 cm³/mol. The van der Waals surface area contributed by atoms with Gasteiger partial charge in [0.1, 0.15) is 24.3 Å². The quantitative estimate of drug-likeness (QED) is 0.715. The van der Waals surface area contributed by atoms with Crippen LogP contribution in [0, 0.1) is 13.8 Å². The first-order chi connectivity index (χ1) is 12.2. The van der Waals surface area contributed by atoms with E-state index in [0.717, 1.165) is 55.6 Å². The van der Waals surface area contributed by atoms with Gasteiger partial charge in [0, 0.05) is 49.2 Å². The van der Waals surface area contributed by atoms with Gasteiger partial charge in [0.25, 0.3) is 5.78 Å². The van der Waals surface area contributed by atoms with Crippen LogP contribution >= 0.6 is 0 Å². The van der Waals surface area contributed by atoms with Crippen LogP contribution < -0.4 is 9.80 Å². The van der Waals surface area contributed by atoms with Gasteiger partial charge < -0.3 is 9.80 Å². The third-order valence-electron chi connectivity index (χ3n) is 4.76. The summed E-state index contributed by atoms with van der Waals surface area (Å²) in [5.41, 5.74) is 3.27. The van der Waals surface area contributed by atoms with Crippen molar-refractivity contribution in [1.82, 2.24) is 29.5 Å². The lowest BCUT2D eigenvalue weighted by molar-refractivity contribution is 0.629. The van der Waals surface area contributed by atoms with Crippen LogP contribution in [0.15, 0.2) is 18.7 Å². The molecule has 1 aliphatic heterocycles. The Labute approximate surface area is 146 Å². The molecule has 1 saturated heterocycles. The zero-order valence-corrected chi connectivity index (χ0v) is 14.8. The van der Waals surface area contributed by atoms with Gasteiger partial charge in [0.2, 0.25) is 0 Å². The van der Waals surface area contributed by atoms with Crippen molar-refractivity contribution >= 4 is 17.4 Å². The van der Waals surface area contributed by atoms with Crippen LogP contribution in [0.25, 0.3) is 5.78 Å². The molecule has 0 bridgehead atoms. The van der Waals surface area contributed by atoms with E-state index in [1.807, 2.05) is 11.4 Å². The molecule has 0 aromatic carbocycles. The summed E-state index contributed by atoms with van der Waals surface area (Å²) in [7, 11) is 0. The molecule has 25 heavy (non-hydrogen) atoms. The number of nitrogens with zero attached hydrogens (tertiary/aromatic N) is 8. The maximum absolute atomic E-state index is 4.55. The van der Waals surface area contributed by atoms with E-state index in [2.05, 4.69) is 54.7 Å². The SMILES string of the molecule is CCc1c(C)ncnc1N1CCN(c2cc(C)nc3ncnn23)CC1. The lowest BCUT2D eigenvalue weighted by Crippen LogP contribution is -2.47. The molecule has 0 amide bonds. The maximum atomic E-state index is 4.55. The van der Waals surface area contributed by atoms with Gasteiger partial charge in [-0.25, -0.2) is 15.0 Å². The standard InChI is InChI=1S/C17H22N8/c1-4-14-13(3)18-10-19-16(14)24-7-5-23(6-8-24)15-9-12(2)22-17-20-11-21-25(15)17/h9-11H,4-8H2,1-3H3. The zero-order valence-electron chi connectivity index (χ0n) is 14.8. The molecule has 0 N–H and O–H groups in total. The van der Waals surface area contributed by atoms with Crippen LogP contribution in [0.4, 0.5) is 11.6 Å². The van der Waals surface area contributed by atoms with Crippen molar-refractivity contribution in [3.63, 3.8) is 0 Å². The molecule has 3 aromatic rings. The number of piperazine rings is 1. The molecule has 8 heteroatoms. The Kier molecular flexibility index (Phi) is 3.95. The Bertz CT molecular complexity index is 895. The van der Waals surface area contributed by atoms with E-state index in [1.54, 1.807) is 12.7 Å². The topological polar surface area (TPSA) is 75.3 Å². The summed E-state index contributed by atoms with van der Waals surface area (Å²) in [6.45, 7) is 9.86. The van der Waals surface area contributed by atoms with E-state index in [9.17, 15) is 0 Å². The fraction of sp³-hybridized carbons (Fsp3) is 0.471. The lowest BCUT2D eigenvalue weighted by Gasteiger charge is -2.37. The highest BCUT2D eigenvalue weighted by atomic mass is 15.4. The largest absolute Gasteiger partial charge is 0.353 e. The third kappa shape index (κ3) is 2.77. The highest BCUT2D eigenvalue weighted by Crippen LogP contribution is 2.23. The molecular weight excluding hydrogens is 316 g/mol. The van der Waals surface area contributed by atoms with Crippen LogP contribution in [-0.4, -0.2) is 55.7 Å². The third-order valence-corrected chi connectivity index (χ3v) is 4.76. The second-order valence-corrected chi connectivity index (χ2v) is 6.32. The Morgan fingerprint density at radius 1 is 0.960 bits per heavy atom. The molecule has 130 valence electrons. The van der Waals surface area contributed by atoms with Crippen molar-refractivity contribution in [2.75, 3.05) is 36.0 Å². The highest BCUT2D eigenvalue weighted by Gasteiger charge is 2.23. The molecular formula is C17H22N8. The summed E-state index contributed by atoms with van der Waals surface area (Å²) in [6.07, 6.45) is 4.17. The first-order valence-corrected chi connectivity index (χ1v) is 8.65. The summed E-state index contributed by atoms with van der Waals surface area (Å²) in [6, 6.07) is 2.07. The zero-order chi connectivity index (χ0) is 17.4. The minimum atomic E-state index is 0.650. The van der Waals surface area contributed by atoms with E-state index in [1.165, 1.54) is 5.56 Å². The summed E-state index contributed by atoms with van der Waals surface area (Å²) in [4.78, 5) is 22.2. The molecule has 1 aliphatic rings. The van der Waals surface area contributed by atoms with Crippen LogP contribution in [-0.2, 0) is 6.42 Å². The van der Waals surface area contributed by atoms with Gasteiger partial charge in [-0.15, -0.1) is 0 Å². The molecule has 0 saturated carbocycles. The first-order valence-electron chi connectivity index (χ1n) is 8.65. The summed E-state index contributed by atoms with van der Waals surface area (Å²) < 4.78 is 1.81. The molecule has 0 aliphatic carbocycles. The van der Waals surface area contributed by atoms with Crippen LogP contribution in [0.1, 0.15) is 23.9 Å². The molecule has 1 fully saturated rings. The van der Waals surface area contributed by atoms with Gasteiger partial charge in [-0.3, -0.25) is 0 Å². The average molecular weight is 338 g/mol. The average Bonchev–Trinajstić information content (AvgIpc) is 3.09. The number of hydrogen-bond donors (Lipinski definition) is 0. The number of hydrogen-bond acceptors (Lipinski definition) is 7. The Hall–Kier alpha value is -2.77. The van der Waals surface area contributed by atoms with Gasteiger partial charge in [0.15, 0.2) is 0 Å². The minimum Gasteiger partial charge on any atom is -0.353 e. The van der Waals surface area contributed by atoms with Crippen LogP contribution in [0.5, 0.6) is 0 Å². The molecule has 8 nitrogen and oxygen atoms in total. The molecule has 0 atom stereocenters. The van der Waals surface area contributed by atoms with Crippen LogP contribution in [0.2, 0.25) is 0 Å². The molecule has 3 aromatic heterocycles. The smallest absolute Gasteiger partial charge is 0.254 e. The second kappa shape index (κ2) is 6.27. The summed E-state index contributed by atoms with van der Waals surface area (Å²) >= 11 is 0. The van der Waals surface area contributed by atoms with E-state index in [0.29, 0.717) is 5.78 Å². The van der Waals surface area contributed by atoms with Crippen LogP contribution in [0.3, 0.4) is 0 Å². The fourth-order valence-corrected chi connectivity index (χ4v) is 3.46.